The Bertz CT molecular complexity index is 1780. The number of rotatable bonds is 4. The number of benzene rings is 4. The van der Waals surface area contributed by atoms with Gasteiger partial charge in [-0.2, -0.15) is 0 Å². The van der Waals surface area contributed by atoms with Crippen LogP contribution in [-0.2, 0) is 4.74 Å². The van der Waals surface area contributed by atoms with Crippen molar-refractivity contribution in [3.8, 4) is 5.75 Å². The van der Waals surface area contributed by atoms with Gasteiger partial charge in [0.2, 0.25) is 0 Å². The highest BCUT2D eigenvalue weighted by atomic mass is 19.3. The second-order valence-corrected chi connectivity index (χ2v) is 10.1. The number of halogens is 2. The summed E-state index contributed by atoms with van der Waals surface area (Å²) in [6.07, 6.45) is 8.14. The highest BCUT2D eigenvalue weighted by Crippen LogP contribution is 2.44. The van der Waals surface area contributed by atoms with E-state index in [4.69, 9.17) is 13.7 Å². The number of hydrogen-bond acceptors (Lipinski definition) is 2. The van der Waals surface area contributed by atoms with Gasteiger partial charge < -0.3 is 22.4 Å². The molecule has 0 bridgehead atoms. The van der Waals surface area contributed by atoms with Crippen LogP contribution < -0.4 is 4.65 Å². The molecule has 4 aromatic rings. The van der Waals surface area contributed by atoms with Crippen LogP contribution in [0.1, 0.15) is 40.3 Å². The highest BCUT2D eigenvalue weighted by Gasteiger charge is 2.54. The summed E-state index contributed by atoms with van der Waals surface area (Å²) in [5, 5.41) is 1.45. The molecule has 4 aromatic carbocycles. The second kappa shape index (κ2) is 9.80. The maximum Gasteiger partial charge on any atom is 0.995 e. The molecule has 0 unspecified atom stereocenters. The first-order chi connectivity index (χ1) is 19.6. The van der Waals surface area contributed by atoms with E-state index in [1.54, 1.807) is 18.2 Å². The van der Waals surface area contributed by atoms with Crippen LogP contribution in [0.5, 0.6) is 5.75 Å². The molecule has 7 rings (SSSR count). The lowest BCUT2D eigenvalue weighted by atomic mass is 9.85. The Morgan fingerprint density at radius 2 is 1.48 bits per heavy atom. The minimum Gasteiger partial charge on any atom is -0.568 e. The zero-order valence-electron chi connectivity index (χ0n) is 21.6. The molecule has 196 valence electrons. The molecule has 6 heteroatoms. The topological polar surface area (TPSA) is 29.8 Å². The molecule has 0 spiro atoms. The highest BCUT2D eigenvalue weighted by molar-refractivity contribution is 6.52. The molecule has 0 aromatic heterocycles. The fourth-order valence-electron chi connectivity index (χ4n) is 5.64. The van der Waals surface area contributed by atoms with Crippen LogP contribution in [0, 0.1) is 0 Å². The number of allylic oxidation sites excluding steroid dienone is 6. The molecule has 0 N–H and O–H groups in total. The molecule has 0 fully saturated rings. The lowest BCUT2D eigenvalue weighted by Gasteiger charge is -2.29. The number of ketones is 1. The third kappa shape index (κ3) is 4.45. The smallest absolute Gasteiger partial charge is 0.568 e. The lowest BCUT2D eigenvalue weighted by Crippen LogP contribution is -2.35. The van der Waals surface area contributed by atoms with Gasteiger partial charge in [-0.15, -0.1) is 0 Å². The minimum absolute atomic E-state index is 0.0825. The normalized spacial score (nSPS) is 18.1. The summed E-state index contributed by atoms with van der Waals surface area (Å²) in [6, 6.07) is 31.3. The van der Waals surface area contributed by atoms with Crippen LogP contribution in [0.15, 0.2) is 132 Å². The predicted octanol–water partition coefficient (Wildman–Crippen LogP) is 8.84. The largest absolute Gasteiger partial charge is 0.995 e. The van der Waals surface area contributed by atoms with Gasteiger partial charge in [0, 0.05) is 22.6 Å². The van der Waals surface area contributed by atoms with Crippen molar-refractivity contribution in [2.24, 2.45) is 0 Å². The molecule has 1 aliphatic carbocycles. The molecular weight excluding hydrogens is 505 g/mol. The Labute approximate surface area is 231 Å². The van der Waals surface area contributed by atoms with E-state index in [1.807, 2.05) is 78.9 Å². The molecule has 2 heterocycles. The van der Waals surface area contributed by atoms with Crippen molar-refractivity contribution in [2.45, 2.75) is 19.3 Å². The molecule has 2 aliphatic heterocycles. The molecule has 0 radical (unpaired) electrons. The molecule has 3 aliphatic rings. The lowest BCUT2D eigenvalue weighted by molar-refractivity contribution is -0.180. The van der Waals surface area contributed by atoms with Crippen molar-refractivity contribution >= 4 is 35.0 Å². The van der Waals surface area contributed by atoms with Crippen molar-refractivity contribution in [3.05, 3.63) is 149 Å². The average Bonchev–Trinajstić information content (AvgIpc) is 2.99. The number of ether oxygens (including phenoxy) is 1. The molecule has 0 atom stereocenters. The predicted molar refractivity (Wildman–Crippen MR) is 156 cm³/mol. The van der Waals surface area contributed by atoms with Gasteiger partial charge in [0.25, 0.3) is 5.78 Å². The average molecular weight is 530 g/mol. The van der Waals surface area contributed by atoms with Crippen LogP contribution in [0.2, 0.25) is 0 Å². The molecule has 0 saturated heterocycles. The number of fused-ring (bicyclic) bond motifs is 4. The quantitative estimate of drug-likeness (QED) is 0.150. The van der Waals surface area contributed by atoms with Crippen LogP contribution in [0.4, 0.5) is 8.63 Å². The maximum atomic E-state index is 14.7. The van der Waals surface area contributed by atoms with E-state index in [9.17, 15) is 8.63 Å². The number of carbonyl (C=O) groups excluding carboxylic acids is 1. The van der Waals surface area contributed by atoms with Crippen LogP contribution in [-0.4, -0.2) is 12.9 Å². The Morgan fingerprint density at radius 1 is 0.750 bits per heavy atom. The van der Waals surface area contributed by atoms with Crippen LogP contribution in [0.25, 0.3) is 22.1 Å². The third-order valence-electron chi connectivity index (χ3n) is 7.49. The second-order valence-electron chi connectivity index (χ2n) is 10.1. The first kappa shape index (κ1) is 24.3. The van der Waals surface area contributed by atoms with Gasteiger partial charge in [0.1, 0.15) is 22.8 Å². The summed E-state index contributed by atoms with van der Waals surface area (Å²) >= 11 is 0. The molecule has 0 saturated carbocycles. The van der Waals surface area contributed by atoms with E-state index in [1.165, 1.54) is 0 Å². The van der Waals surface area contributed by atoms with Gasteiger partial charge in [0.05, 0.1) is 0 Å². The maximum absolute atomic E-state index is 14.7. The zero-order valence-corrected chi connectivity index (χ0v) is 21.6. The standard InChI is InChI=1S/C34H25BF2O3/c36-35(37)39-31(29-20-18-24-12-7-8-16-27(24)34(29)40-35)21-19-26-15-9-17-28-30(23-10-3-1-4-11-23)22-32(38-33(26)28)25-13-5-2-6-14-25/h1-8,10-14,16,18-22H,9,15,17H2/b21-19+. The van der Waals surface area contributed by atoms with E-state index in [-0.39, 0.29) is 11.5 Å². The van der Waals surface area contributed by atoms with E-state index in [2.05, 4.69) is 18.2 Å². The monoisotopic (exact) mass is 530 g/mol. The fraction of sp³-hybridized carbons (Fsp3) is 0.0882. The van der Waals surface area contributed by atoms with Gasteiger partial charge >= 0.3 is 7.11 Å². The third-order valence-corrected chi connectivity index (χ3v) is 7.49. The van der Waals surface area contributed by atoms with Crippen molar-refractivity contribution < 1.29 is 22.4 Å². The van der Waals surface area contributed by atoms with Crippen LogP contribution >= 0.6 is 0 Å². The van der Waals surface area contributed by atoms with Gasteiger partial charge in [-0.25, -0.2) is 0 Å². The number of hydrogen-bond donors (Lipinski definition) is 0. The zero-order chi connectivity index (χ0) is 27.1. The van der Waals surface area contributed by atoms with Crippen molar-refractivity contribution in [3.63, 3.8) is 0 Å². The van der Waals surface area contributed by atoms with E-state index >= 15 is 0 Å². The van der Waals surface area contributed by atoms with Crippen molar-refractivity contribution in [2.75, 3.05) is 0 Å². The summed E-state index contributed by atoms with van der Waals surface area (Å²) in [4.78, 5) is 0. The Kier molecular flexibility index (Phi) is 5.96. The van der Waals surface area contributed by atoms with E-state index < -0.39 is 7.11 Å². The Morgan fingerprint density at radius 3 is 2.27 bits per heavy atom. The SMILES string of the molecule is F[B-]1(F)Oc2c(ccc3ccccc23)C(/C=C/C2=C3OC(c4ccccc4)=CC(c4ccccc4)=C3CCC2)=[O+]1. The first-order valence-corrected chi connectivity index (χ1v) is 13.5. The fourth-order valence-corrected chi connectivity index (χ4v) is 5.64. The first-order valence-electron chi connectivity index (χ1n) is 13.5. The Hall–Kier alpha value is -4.71. The Balaban J connectivity index is 1.34. The summed E-state index contributed by atoms with van der Waals surface area (Å²) in [5.41, 5.74) is 5.77. The summed E-state index contributed by atoms with van der Waals surface area (Å²) in [5.74, 6) is 1.77. The van der Waals surface area contributed by atoms with Crippen molar-refractivity contribution in [1.29, 1.82) is 0 Å². The molecule has 0 amide bonds. The van der Waals surface area contributed by atoms with Gasteiger partial charge in [-0.05, 0) is 59.6 Å². The molecular formula is C34H25BF2O3. The molecule has 3 nitrogen and oxygen atoms in total. The van der Waals surface area contributed by atoms with Crippen molar-refractivity contribution in [1.82, 2.24) is 0 Å². The van der Waals surface area contributed by atoms with E-state index in [0.29, 0.717) is 10.9 Å². The summed E-state index contributed by atoms with van der Waals surface area (Å²) < 4.78 is 46.1. The van der Waals surface area contributed by atoms with E-state index in [0.717, 1.165) is 64.0 Å². The minimum atomic E-state index is -4.51. The summed E-state index contributed by atoms with van der Waals surface area (Å²) in [7, 11) is -4.51. The van der Waals surface area contributed by atoms with Gasteiger partial charge in [-0.1, -0.05) is 91.0 Å². The summed E-state index contributed by atoms with van der Waals surface area (Å²) in [6.45, 7) is 0. The van der Waals surface area contributed by atoms with Gasteiger partial charge in [-0.3, -0.25) is 0 Å². The molecule has 40 heavy (non-hydrogen) atoms. The van der Waals surface area contributed by atoms with Gasteiger partial charge in [0.15, 0.2) is 0 Å². The van der Waals surface area contributed by atoms with Crippen LogP contribution in [0.3, 0.4) is 0 Å².